The highest BCUT2D eigenvalue weighted by Gasteiger charge is 2.55. The van der Waals surface area contributed by atoms with Gasteiger partial charge < -0.3 is 4.84 Å². The Morgan fingerprint density at radius 3 is 2.53 bits per heavy atom. The molecule has 3 aliphatic rings. The van der Waals surface area contributed by atoms with E-state index in [0.29, 0.717) is 5.71 Å². The van der Waals surface area contributed by atoms with E-state index in [1.807, 2.05) is 0 Å². The highest BCUT2D eigenvalue weighted by atomic mass is 16.6. The van der Waals surface area contributed by atoms with Crippen LogP contribution in [-0.2, 0) is 14.4 Å². The number of nitrogens with zero attached hydrogens (tertiary/aromatic N) is 2. The van der Waals surface area contributed by atoms with Crippen molar-refractivity contribution >= 4 is 17.5 Å². The maximum Gasteiger partial charge on any atom is 0.274 e. The predicted molar refractivity (Wildman–Crippen MR) is 60.2 cm³/mol. The van der Waals surface area contributed by atoms with Crippen molar-refractivity contribution < 1.29 is 14.4 Å². The number of carbonyl (C=O) groups excluding carboxylic acids is 2. The summed E-state index contributed by atoms with van der Waals surface area (Å²) in [7, 11) is 0. The molecule has 2 atom stereocenters. The van der Waals surface area contributed by atoms with Gasteiger partial charge in [-0.2, -0.15) is 0 Å². The second kappa shape index (κ2) is 3.82. The molecule has 0 aromatic carbocycles. The molecule has 2 heterocycles. The van der Waals surface area contributed by atoms with Crippen molar-refractivity contribution in [2.45, 2.75) is 51.2 Å². The number of hydrogen-bond acceptors (Lipinski definition) is 4. The summed E-state index contributed by atoms with van der Waals surface area (Å²) in [6.07, 6.45) is 4.61. The molecular weight excluding hydrogens is 220 g/mol. The van der Waals surface area contributed by atoms with Crippen molar-refractivity contribution in [1.29, 1.82) is 0 Å². The molecule has 0 bridgehead atoms. The molecule has 0 N–H and O–H groups in total. The van der Waals surface area contributed by atoms with Gasteiger partial charge in [0.05, 0.1) is 5.71 Å². The van der Waals surface area contributed by atoms with Gasteiger partial charge in [0.15, 0.2) is 0 Å². The van der Waals surface area contributed by atoms with Crippen molar-refractivity contribution in [2.24, 2.45) is 11.1 Å². The van der Waals surface area contributed by atoms with Crippen LogP contribution in [0.1, 0.15) is 39.0 Å². The molecule has 92 valence electrons. The van der Waals surface area contributed by atoms with Gasteiger partial charge in [0.1, 0.15) is 5.92 Å². The lowest BCUT2D eigenvalue weighted by atomic mass is 9.94. The molecule has 5 heteroatoms. The van der Waals surface area contributed by atoms with Crippen LogP contribution in [-0.4, -0.2) is 34.6 Å². The van der Waals surface area contributed by atoms with Crippen LogP contribution in [0.4, 0.5) is 0 Å². The summed E-state index contributed by atoms with van der Waals surface area (Å²) in [6, 6.07) is 0.0887. The molecule has 2 unspecified atom stereocenters. The number of likely N-dealkylation sites (tertiary alicyclic amines) is 1. The minimum absolute atomic E-state index is 0.0887. The Bertz CT molecular complexity index is 399. The van der Waals surface area contributed by atoms with E-state index < -0.39 is 12.0 Å². The zero-order chi connectivity index (χ0) is 12.0. The van der Waals surface area contributed by atoms with Gasteiger partial charge in [0.2, 0.25) is 12.0 Å². The Hall–Kier alpha value is -1.39. The van der Waals surface area contributed by atoms with Crippen molar-refractivity contribution in [3.63, 3.8) is 0 Å². The third kappa shape index (κ3) is 1.48. The van der Waals surface area contributed by atoms with Gasteiger partial charge in [-0.25, -0.2) is 0 Å². The molecule has 1 saturated carbocycles. The second-order valence-corrected chi connectivity index (χ2v) is 5.07. The number of imide groups is 1. The Morgan fingerprint density at radius 1 is 1.18 bits per heavy atom. The van der Waals surface area contributed by atoms with Crippen LogP contribution in [0.25, 0.3) is 0 Å². The van der Waals surface area contributed by atoms with E-state index >= 15 is 0 Å². The van der Waals surface area contributed by atoms with E-state index in [2.05, 4.69) is 5.16 Å². The monoisotopic (exact) mass is 236 g/mol. The Balaban J connectivity index is 1.84. The molecule has 5 nitrogen and oxygen atoms in total. The Kier molecular flexibility index (Phi) is 2.42. The predicted octanol–water partition coefficient (Wildman–Crippen LogP) is 1.08. The lowest BCUT2D eigenvalue weighted by Gasteiger charge is -2.29. The van der Waals surface area contributed by atoms with Crippen LogP contribution in [0.5, 0.6) is 0 Å². The second-order valence-electron chi connectivity index (χ2n) is 5.07. The Labute approximate surface area is 99.8 Å². The van der Waals surface area contributed by atoms with Gasteiger partial charge in [0.25, 0.3) is 5.91 Å². The van der Waals surface area contributed by atoms with Crippen molar-refractivity contribution in [3.05, 3.63) is 0 Å². The number of hydrogen-bond donors (Lipinski definition) is 0. The van der Waals surface area contributed by atoms with Gasteiger partial charge in [-0.3, -0.25) is 14.5 Å². The summed E-state index contributed by atoms with van der Waals surface area (Å²) < 4.78 is 0. The van der Waals surface area contributed by atoms with Crippen LogP contribution >= 0.6 is 0 Å². The minimum atomic E-state index is -0.676. The SMILES string of the molecule is CC1=NOC2C(=O)N(C3CCCCC3)C(=O)C12. The lowest BCUT2D eigenvalue weighted by molar-refractivity contribution is -0.145. The van der Waals surface area contributed by atoms with Gasteiger partial charge in [-0.1, -0.05) is 24.4 Å². The van der Waals surface area contributed by atoms with Gasteiger partial charge >= 0.3 is 0 Å². The molecule has 0 spiro atoms. The summed E-state index contributed by atoms with van der Waals surface area (Å²) in [5.41, 5.74) is 0.631. The average molecular weight is 236 g/mol. The first-order valence-electron chi connectivity index (χ1n) is 6.27. The van der Waals surface area contributed by atoms with E-state index in [-0.39, 0.29) is 17.9 Å². The molecule has 1 saturated heterocycles. The largest absolute Gasteiger partial charge is 0.381 e. The smallest absolute Gasteiger partial charge is 0.274 e. The van der Waals surface area contributed by atoms with Gasteiger partial charge in [-0.05, 0) is 19.8 Å². The third-order valence-corrected chi connectivity index (χ3v) is 3.99. The normalized spacial score (nSPS) is 33.7. The molecule has 2 amide bonds. The fourth-order valence-corrected chi connectivity index (χ4v) is 3.07. The molecule has 0 aromatic heterocycles. The maximum absolute atomic E-state index is 12.3. The molecule has 17 heavy (non-hydrogen) atoms. The summed E-state index contributed by atoms with van der Waals surface area (Å²) in [6.45, 7) is 1.75. The van der Waals surface area contributed by atoms with Gasteiger partial charge in [-0.15, -0.1) is 0 Å². The van der Waals surface area contributed by atoms with Crippen molar-refractivity contribution in [3.8, 4) is 0 Å². The molecular formula is C12H16N2O3. The zero-order valence-corrected chi connectivity index (χ0v) is 9.89. The molecule has 0 aromatic rings. The molecule has 1 aliphatic carbocycles. The van der Waals surface area contributed by atoms with E-state index in [0.717, 1.165) is 25.7 Å². The van der Waals surface area contributed by atoms with E-state index in [9.17, 15) is 9.59 Å². The number of carbonyl (C=O) groups is 2. The number of rotatable bonds is 1. The molecule has 3 rings (SSSR count). The molecule has 2 fully saturated rings. The summed E-state index contributed by atoms with van der Waals surface area (Å²) in [4.78, 5) is 30.9. The summed E-state index contributed by atoms with van der Waals surface area (Å²) in [5.74, 6) is -0.748. The molecule has 0 radical (unpaired) electrons. The standard InChI is InChI=1S/C12H16N2O3/c1-7-9-10(17-13-7)12(16)14(11(9)15)8-5-3-2-4-6-8/h8-10H,2-6H2,1H3. The quantitative estimate of drug-likeness (QED) is 0.640. The highest BCUT2D eigenvalue weighted by molar-refractivity contribution is 6.18. The zero-order valence-electron chi connectivity index (χ0n) is 9.89. The fraction of sp³-hybridized carbons (Fsp3) is 0.750. The first-order chi connectivity index (χ1) is 8.20. The fourth-order valence-electron chi connectivity index (χ4n) is 3.07. The topological polar surface area (TPSA) is 59.0 Å². The first-order valence-corrected chi connectivity index (χ1v) is 6.27. The van der Waals surface area contributed by atoms with Crippen LogP contribution in [0.3, 0.4) is 0 Å². The van der Waals surface area contributed by atoms with Crippen LogP contribution in [0.15, 0.2) is 5.16 Å². The van der Waals surface area contributed by atoms with E-state index in [1.165, 1.54) is 11.3 Å². The summed E-state index contributed by atoms with van der Waals surface area (Å²) >= 11 is 0. The number of fused-ring (bicyclic) bond motifs is 1. The highest BCUT2D eigenvalue weighted by Crippen LogP contribution is 2.34. The first kappa shape index (κ1) is 10.7. The lowest BCUT2D eigenvalue weighted by Crippen LogP contribution is -2.42. The number of amides is 2. The van der Waals surface area contributed by atoms with Crippen molar-refractivity contribution in [2.75, 3.05) is 0 Å². The maximum atomic E-state index is 12.3. The third-order valence-electron chi connectivity index (χ3n) is 3.99. The van der Waals surface area contributed by atoms with Gasteiger partial charge in [0, 0.05) is 6.04 Å². The average Bonchev–Trinajstić information content (AvgIpc) is 2.82. The Morgan fingerprint density at radius 2 is 1.88 bits per heavy atom. The van der Waals surface area contributed by atoms with Crippen LogP contribution in [0.2, 0.25) is 0 Å². The van der Waals surface area contributed by atoms with E-state index in [4.69, 9.17) is 4.84 Å². The number of oxime groups is 1. The van der Waals surface area contributed by atoms with E-state index in [1.54, 1.807) is 6.92 Å². The molecule has 2 aliphatic heterocycles. The van der Waals surface area contributed by atoms with Crippen molar-refractivity contribution in [1.82, 2.24) is 4.90 Å². The minimum Gasteiger partial charge on any atom is -0.381 e. The van der Waals surface area contributed by atoms with Crippen LogP contribution < -0.4 is 0 Å². The van der Waals surface area contributed by atoms with Crippen LogP contribution in [0, 0.1) is 5.92 Å². The summed E-state index contributed by atoms with van der Waals surface area (Å²) in [5, 5.41) is 3.75.